The second-order valence-electron chi connectivity index (χ2n) is 2.11. The molecular formula is C4H6ClFO2S. The Morgan fingerprint density at radius 2 is 2.00 bits per heavy atom. The van der Waals surface area contributed by atoms with Crippen molar-refractivity contribution in [2.75, 3.05) is 0 Å². The molecule has 1 aliphatic carbocycles. The first-order valence-electron chi connectivity index (χ1n) is 2.59. The molecule has 2 atom stereocenters. The van der Waals surface area contributed by atoms with Crippen molar-refractivity contribution in [2.45, 2.75) is 24.3 Å². The van der Waals surface area contributed by atoms with E-state index in [2.05, 4.69) is 0 Å². The van der Waals surface area contributed by atoms with Crippen LogP contribution in [0.4, 0.5) is 4.39 Å². The Kier molecular flexibility index (Phi) is 1.69. The molecule has 0 aromatic carbocycles. The van der Waals surface area contributed by atoms with Gasteiger partial charge in [0.25, 0.3) is 0 Å². The summed E-state index contributed by atoms with van der Waals surface area (Å²) in [6.07, 6.45) is -0.531. The standard InChI is InChI=1S/C4H6ClFO2S/c5-9(7,8)4-2-1-3(4)6/h3-4H,1-2H2. The Morgan fingerprint density at radius 1 is 1.44 bits per heavy atom. The normalized spacial score (nSPS) is 35.8. The summed E-state index contributed by atoms with van der Waals surface area (Å²) in [5.41, 5.74) is 0. The summed E-state index contributed by atoms with van der Waals surface area (Å²) >= 11 is 0. The summed E-state index contributed by atoms with van der Waals surface area (Å²) in [5.74, 6) is 0. The second-order valence-corrected chi connectivity index (χ2v) is 4.95. The number of hydrogen-bond donors (Lipinski definition) is 0. The average molecular weight is 173 g/mol. The van der Waals surface area contributed by atoms with Crippen molar-refractivity contribution in [3.63, 3.8) is 0 Å². The highest BCUT2D eigenvalue weighted by Gasteiger charge is 2.40. The van der Waals surface area contributed by atoms with Crippen molar-refractivity contribution < 1.29 is 12.8 Å². The fraction of sp³-hybridized carbons (Fsp3) is 1.00. The molecule has 2 nitrogen and oxygen atoms in total. The van der Waals surface area contributed by atoms with Gasteiger partial charge in [-0.1, -0.05) is 0 Å². The molecule has 5 heteroatoms. The predicted octanol–water partition coefficient (Wildman–Crippen LogP) is 1.06. The molecule has 0 N–H and O–H groups in total. The average Bonchev–Trinajstić information content (AvgIpc) is 1.57. The number of rotatable bonds is 1. The highest BCUT2D eigenvalue weighted by Crippen LogP contribution is 2.31. The minimum Gasteiger partial charge on any atom is -0.246 e. The fourth-order valence-corrected chi connectivity index (χ4v) is 2.25. The molecule has 9 heavy (non-hydrogen) atoms. The van der Waals surface area contributed by atoms with Crippen molar-refractivity contribution in [2.24, 2.45) is 0 Å². The van der Waals surface area contributed by atoms with Gasteiger partial charge in [0, 0.05) is 10.7 Å². The van der Waals surface area contributed by atoms with E-state index in [0.717, 1.165) is 0 Å². The smallest absolute Gasteiger partial charge is 0.238 e. The molecule has 1 aliphatic rings. The van der Waals surface area contributed by atoms with Crippen LogP contribution in [0.3, 0.4) is 0 Å². The molecule has 0 aromatic heterocycles. The Balaban J connectivity index is 2.66. The quantitative estimate of drug-likeness (QED) is 0.555. The third-order valence-corrected chi connectivity index (χ3v) is 3.43. The first kappa shape index (κ1) is 7.28. The third-order valence-electron chi connectivity index (χ3n) is 1.49. The lowest BCUT2D eigenvalue weighted by molar-refractivity contribution is 0.216. The van der Waals surface area contributed by atoms with E-state index >= 15 is 0 Å². The van der Waals surface area contributed by atoms with Gasteiger partial charge >= 0.3 is 0 Å². The van der Waals surface area contributed by atoms with Crippen LogP contribution < -0.4 is 0 Å². The van der Waals surface area contributed by atoms with Crippen LogP contribution in [0, 0.1) is 0 Å². The highest BCUT2D eigenvalue weighted by atomic mass is 35.7. The van der Waals surface area contributed by atoms with Crippen LogP contribution in [0.15, 0.2) is 0 Å². The van der Waals surface area contributed by atoms with Crippen molar-refractivity contribution in [1.82, 2.24) is 0 Å². The van der Waals surface area contributed by atoms with E-state index in [4.69, 9.17) is 10.7 Å². The van der Waals surface area contributed by atoms with Gasteiger partial charge in [0.2, 0.25) is 9.05 Å². The van der Waals surface area contributed by atoms with Gasteiger partial charge in [-0.2, -0.15) is 0 Å². The van der Waals surface area contributed by atoms with E-state index in [1.807, 2.05) is 0 Å². The molecule has 0 heterocycles. The Bertz CT molecular complexity index is 201. The van der Waals surface area contributed by atoms with Gasteiger partial charge in [0.15, 0.2) is 0 Å². The monoisotopic (exact) mass is 172 g/mol. The molecular weight excluding hydrogens is 167 g/mol. The molecule has 1 fully saturated rings. The minimum atomic E-state index is -3.62. The topological polar surface area (TPSA) is 34.1 Å². The summed E-state index contributed by atoms with van der Waals surface area (Å²) in [4.78, 5) is 0. The van der Waals surface area contributed by atoms with Gasteiger partial charge < -0.3 is 0 Å². The predicted molar refractivity (Wildman–Crippen MR) is 32.7 cm³/mol. The zero-order valence-corrected chi connectivity index (χ0v) is 6.12. The van der Waals surface area contributed by atoms with Gasteiger partial charge in [0.1, 0.15) is 11.4 Å². The molecule has 1 rings (SSSR count). The van der Waals surface area contributed by atoms with Crippen LogP contribution in [-0.4, -0.2) is 19.8 Å². The van der Waals surface area contributed by atoms with Crippen LogP contribution in [0.1, 0.15) is 12.8 Å². The fourth-order valence-electron chi connectivity index (χ4n) is 0.746. The second kappa shape index (κ2) is 2.09. The first-order chi connectivity index (χ1) is 4.02. The summed E-state index contributed by atoms with van der Waals surface area (Å²) in [6, 6.07) is 0. The molecule has 0 radical (unpaired) electrons. The lowest BCUT2D eigenvalue weighted by atomic mass is 9.97. The first-order valence-corrected chi connectivity index (χ1v) is 4.96. The van der Waals surface area contributed by atoms with E-state index in [-0.39, 0.29) is 0 Å². The largest absolute Gasteiger partial charge is 0.246 e. The molecule has 0 bridgehead atoms. The van der Waals surface area contributed by atoms with Crippen LogP contribution in [0.25, 0.3) is 0 Å². The number of alkyl halides is 1. The van der Waals surface area contributed by atoms with E-state index in [0.29, 0.717) is 12.8 Å². The number of halogens is 2. The molecule has 1 saturated carbocycles. The molecule has 0 aliphatic heterocycles. The zero-order chi connectivity index (χ0) is 7.07. The summed E-state index contributed by atoms with van der Waals surface area (Å²) in [7, 11) is 1.24. The Hall–Kier alpha value is 0.170. The van der Waals surface area contributed by atoms with Gasteiger partial charge in [0.05, 0.1) is 0 Å². The molecule has 0 aromatic rings. The summed E-state index contributed by atoms with van der Waals surface area (Å²) < 4.78 is 32.9. The summed E-state index contributed by atoms with van der Waals surface area (Å²) in [6.45, 7) is 0. The van der Waals surface area contributed by atoms with Crippen LogP contribution in [-0.2, 0) is 9.05 Å². The molecule has 0 spiro atoms. The van der Waals surface area contributed by atoms with Gasteiger partial charge in [-0.3, -0.25) is 0 Å². The maximum Gasteiger partial charge on any atom is 0.238 e. The lowest BCUT2D eigenvalue weighted by Crippen LogP contribution is -2.37. The van der Waals surface area contributed by atoms with Gasteiger partial charge in [-0.05, 0) is 12.8 Å². The van der Waals surface area contributed by atoms with Crippen molar-refractivity contribution in [3.05, 3.63) is 0 Å². The Morgan fingerprint density at radius 3 is 2.00 bits per heavy atom. The summed E-state index contributed by atoms with van der Waals surface area (Å²) in [5, 5.41) is -0.931. The number of hydrogen-bond acceptors (Lipinski definition) is 2. The molecule has 2 unspecified atom stereocenters. The van der Waals surface area contributed by atoms with Crippen molar-refractivity contribution >= 4 is 19.7 Å². The maximum absolute atomic E-state index is 12.2. The van der Waals surface area contributed by atoms with E-state index in [9.17, 15) is 12.8 Å². The highest BCUT2D eigenvalue weighted by molar-refractivity contribution is 8.14. The SMILES string of the molecule is O=S(=O)(Cl)C1CCC1F. The van der Waals surface area contributed by atoms with E-state index < -0.39 is 20.5 Å². The minimum absolute atomic E-state index is 0.330. The third kappa shape index (κ3) is 1.35. The Labute approximate surface area is 57.4 Å². The molecule has 0 saturated heterocycles. The lowest BCUT2D eigenvalue weighted by Gasteiger charge is -2.26. The molecule has 54 valence electrons. The van der Waals surface area contributed by atoms with E-state index in [1.165, 1.54) is 0 Å². The van der Waals surface area contributed by atoms with Crippen LogP contribution >= 0.6 is 10.7 Å². The van der Waals surface area contributed by atoms with Crippen LogP contribution in [0.2, 0.25) is 0 Å². The van der Waals surface area contributed by atoms with Gasteiger partial charge in [-0.25, -0.2) is 12.8 Å². The van der Waals surface area contributed by atoms with Crippen molar-refractivity contribution in [1.29, 1.82) is 0 Å². The van der Waals surface area contributed by atoms with Crippen LogP contribution in [0.5, 0.6) is 0 Å². The zero-order valence-electron chi connectivity index (χ0n) is 4.55. The maximum atomic E-state index is 12.2. The molecule has 0 amide bonds. The van der Waals surface area contributed by atoms with Gasteiger partial charge in [-0.15, -0.1) is 0 Å². The van der Waals surface area contributed by atoms with Crippen molar-refractivity contribution in [3.8, 4) is 0 Å². The van der Waals surface area contributed by atoms with E-state index in [1.54, 1.807) is 0 Å².